The Morgan fingerprint density at radius 3 is 2.86 bits per heavy atom. The van der Waals surface area contributed by atoms with Crippen LogP contribution in [0.15, 0.2) is 33.5 Å². The van der Waals surface area contributed by atoms with Gasteiger partial charge in [0, 0.05) is 9.35 Å². The van der Waals surface area contributed by atoms with Crippen LogP contribution in [-0.2, 0) is 12.8 Å². The number of hydrogen-bond acceptors (Lipinski definition) is 7. The van der Waals surface area contributed by atoms with E-state index >= 15 is 0 Å². The second-order valence-corrected chi connectivity index (χ2v) is 9.10. The summed E-state index contributed by atoms with van der Waals surface area (Å²) in [7, 11) is 0. The molecule has 10 heteroatoms. The Labute approximate surface area is 178 Å². The third-order valence-electron chi connectivity index (χ3n) is 5.13. The van der Waals surface area contributed by atoms with Gasteiger partial charge in [0.1, 0.15) is 4.83 Å². The van der Waals surface area contributed by atoms with E-state index in [1.54, 1.807) is 16.0 Å². The Balaban J connectivity index is 1.47. The number of nitrogens with zero attached hydrogens (tertiary/aromatic N) is 5. The molecule has 0 fully saturated rings. The molecule has 29 heavy (non-hydrogen) atoms. The van der Waals surface area contributed by atoms with Crippen LogP contribution in [0.2, 0.25) is 0 Å². The molecule has 5 rings (SSSR count). The zero-order valence-corrected chi connectivity index (χ0v) is 18.0. The van der Waals surface area contributed by atoms with Crippen LogP contribution in [-0.4, -0.2) is 30.2 Å². The molecule has 0 spiro atoms. The number of aromatic nitrogens is 6. The first-order valence-electron chi connectivity index (χ1n) is 9.45. The second kappa shape index (κ2) is 7.34. The largest absolute Gasteiger partial charge is 0.346 e. The number of tetrazole rings is 1. The lowest BCUT2D eigenvalue weighted by molar-refractivity contribution is 0.700. The molecule has 0 amide bonds. The molecule has 1 atom stereocenters. The molecule has 1 aromatic carbocycles. The average molecular weight is 472 g/mol. The molecule has 0 bridgehead atoms. The van der Waals surface area contributed by atoms with Gasteiger partial charge in [-0.15, -0.1) is 16.4 Å². The first kappa shape index (κ1) is 18.4. The average Bonchev–Trinajstić information content (AvgIpc) is 3.33. The molecule has 4 aromatic rings. The van der Waals surface area contributed by atoms with Gasteiger partial charge in [-0.3, -0.25) is 9.78 Å². The van der Waals surface area contributed by atoms with E-state index in [4.69, 9.17) is 0 Å². The minimum Gasteiger partial charge on any atom is -0.346 e. The number of benzene rings is 1. The molecular formula is C19H18BrN7OS. The number of anilines is 1. The van der Waals surface area contributed by atoms with Gasteiger partial charge in [-0.25, -0.2) is 4.98 Å². The zero-order chi connectivity index (χ0) is 20.0. The molecule has 1 aliphatic rings. The minimum absolute atomic E-state index is 0.0865. The van der Waals surface area contributed by atoms with E-state index in [9.17, 15) is 4.79 Å². The number of aryl methyl sites for hydroxylation is 2. The van der Waals surface area contributed by atoms with E-state index < -0.39 is 0 Å². The van der Waals surface area contributed by atoms with E-state index in [-0.39, 0.29) is 11.6 Å². The van der Waals surface area contributed by atoms with E-state index in [1.165, 1.54) is 16.9 Å². The molecule has 8 nitrogen and oxygen atoms in total. The third kappa shape index (κ3) is 3.36. The summed E-state index contributed by atoms with van der Waals surface area (Å²) >= 11 is 5.07. The number of halogens is 1. The van der Waals surface area contributed by atoms with Gasteiger partial charge in [-0.1, -0.05) is 15.9 Å². The number of nitrogens with one attached hydrogen (secondary N) is 2. The van der Waals surface area contributed by atoms with Crippen molar-refractivity contribution in [3.05, 3.63) is 55.4 Å². The van der Waals surface area contributed by atoms with Crippen LogP contribution < -0.4 is 10.9 Å². The molecule has 0 saturated carbocycles. The summed E-state index contributed by atoms with van der Waals surface area (Å²) in [5.41, 5.74) is 1.95. The monoisotopic (exact) mass is 471 g/mol. The van der Waals surface area contributed by atoms with E-state index in [2.05, 4.69) is 46.7 Å². The lowest BCUT2D eigenvalue weighted by Crippen LogP contribution is -2.18. The van der Waals surface area contributed by atoms with E-state index in [0.717, 1.165) is 39.6 Å². The van der Waals surface area contributed by atoms with E-state index in [1.807, 2.05) is 31.2 Å². The molecule has 0 saturated heterocycles. The quantitative estimate of drug-likeness (QED) is 0.469. The Hall–Kier alpha value is -2.59. The first-order valence-corrected chi connectivity index (χ1v) is 11.1. The van der Waals surface area contributed by atoms with Crippen LogP contribution in [0.4, 0.5) is 5.95 Å². The maximum Gasteiger partial charge on any atom is 0.261 e. The molecule has 0 radical (unpaired) electrons. The summed E-state index contributed by atoms with van der Waals surface area (Å²) < 4.78 is 2.65. The van der Waals surface area contributed by atoms with Crippen molar-refractivity contribution in [2.75, 3.05) is 5.32 Å². The van der Waals surface area contributed by atoms with Crippen LogP contribution in [0, 0.1) is 0 Å². The predicted octanol–water partition coefficient (Wildman–Crippen LogP) is 3.77. The summed E-state index contributed by atoms with van der Waals surface area (Å²) in [6.45, 7) is 1.94. The molecule has 3 aromatic heterocycles. The highest BCUT2D eigenvalue weighted by atomic mass is 79.9. The van der Waals surface area contributed by atoms with Gasteiger partial charge in [0.05, 0.1) is 17.1 Å². The lowest BCUT2D eigenvalue weighted by atomic mass is 9.97. The van der Waals surface area contributed by atoms with Crippen molar-refractivity contribution in [2.24, 2.45) is 0 Å². The van der Waals surface area contributed by atoms with Crippen molar-refractivity contribution in [1.29, 1.82) is 0 Å². The number of rotatable bonds is 4. The number of aromatic amines is 1. The number of hydrogen-bond donors (Lipinski definition) is 2. The Morgan fingerprint density at radius 2 is 2.03 bits per heavy atom. The standard InChI is InChI=1S/C19H18BrN7OS/c1-10(16-24-25-26-27(16)12-8-6-11(20)7-9-12)21-19-22-17(28)15-13-4-2-3-5-14(13)29-18(15)23-19/h6-10H,2-5H2,1H3,(H2,21,22,23,28). The molecule has 148 valence electrons. The van der Waals surface area contributed by atoms with Gasteiger partial charge in [0.25, 0.3) is 5.56 Å². The molecular weight excluding hydrogens is 454 g/mol. The fourth-order valence-electron chi connectivity index (χ4n) is 3.73. The van der Waals surface area contributed by atoms with Crippen molar-refractivity contribution < 1.29 is 0 Å². The van der Waals surface area contributed by atoms with Crippen LogP contribution in [0.25, 0.3) is 15.9 Å². The lowest BCUT2D eigenvalue weighted by Gasteiger charge is -2.14. The van der Waals surface area contributed by atoms with Gasteiger partial charge in [0.15, 0.2) is 5.82 Å². The predicted molar refractivity (Wildman–Crippen MR) is 116 cm³/mol. The van der Waals surface area contributed by atoms with E-state index in [0.29, 0.717) is 11.8 Å². The molecule has 0 aliphatic heterocycles. The van der Waals surface area contributed by atoms with Gasteiger partial charge >= 0.3 is 0 Å². The Kier molecular flexibility index (Phi) is 4.67. The molecule has 3 heterocycles. The normalized spacial score (nSPS) is 14.7. The van der Waals surface area contributed by atoms with Gasteiger partial charge in [-0.05, 0) is 72.9 Å². The maximum absolute atomic E-state index is 12.7. The van der Waals surface area contributed by atoms with Crippen molar-refractivity contribution in [2.45, 2.75) is 38.6 Å². The maximum atomic E-state index is 12.7. The third-order valence-corrected chi connectivity index (χ3v) is 6.84. The summed E-state index contributed by atoms with van der Waals surface area (Å²) in [5, 5.41) is 16.1. The van der Waals surface area contributed by atoms with Gasteiger partial charge < -0.3 is 5.32 Å². The number of H-pyrrole nitrogens is 1. The van der Waals surface area contributed by atoms with Gasteiger partial charge in [-0.2, -0.15) is 4.68 Å². The SMILES string of the molecule is CC(Nc1nc2sc3c(c2c(=O)[nH]1)CCCC3)c1nnnn1-c1ccc(Br)cc1. The van der Waals surface area contributed by atoms with Crippen molar-refractivity contribution in [3.63, 3.8) is 0 Å². The summed E-state index contributed by atoms with van der Waals surface area (Å²) in [5.74, 6) is 1.06. The van der Waals surface area contributed by atoms with Gasteiger partial charge in [0.2, 0.25) is 5.95 Å². The van der Waals surface area contributed by atoms with Crippen molar-refractivity contribution >= 4 is 43.4 Å². The van der Waals surface area contributed by atoms with Crippen molar-refractivity contribution in [3.8, 4) is 5.69 Å². The Morgan fingerprint density at radius 1 is 1.24 bits per heavy atom. The summed E-state index contributed by atoms with van der Waals surface area (Å²) in [6, 6.07) is 7.47. The fourth-order valence-corrected chi connectivity index (χ4v) is 5.26. The topological polar surface area (TPSA) is 101 Å². The smallest absolute Gasteiger partial charge is 0.261 e. The van der Waals surface area contributed by atoms with Crippen LogP contribution in [0.3, 0.4) is 0 Å². The molecule has 2 N–H and O–H groups in total. The second-order valence-electron chi connectivity index (χ2n) is 7.10. The van der Waals surface area contributed by atoms with Crippen LogP contribution in [0.1, 0.15) is 42.1 Å². The van der Waals surface area contributed by atoms with Crippen LogP contribution in [0.5, 0.6) is 0 Å². The zero-order valence-electron chi connectivity index (χ0n) is 15.6. The fraction of sp³-hybridized carbons (Fsp3) is 0.316. The molecule has 1 unspecified atom stereocenters. The minimum atomic E-state index is -0.260. The number of fused-ring (bicyclic) bond motifs is 3. The number of thiophene rings is 1. The highest BCUT2D eigenvalue weighted by molar-refractivity contribution is 9.10. The molecule has 1 aliphatic carbocycles. The van der Waals surface area contributed by atoms with Crippen LogP contribution >= 0.6 is 27.3 Å². The summed E-state index contributed by atoms with van der Waals surface area (Å²) in [6.07, 6.45) is 4.31. The highest BCUT2D eigenvalue weighted by Gasteiger charge is 2.21. The Bertz CT molecular complexity index is 1240. The first-order chi connectivity index (χ1) is 14.1. The summed E-state index contributed by atoms with van der Waals surface area (Å²) in [4.78, 5) is 22.4. The van der Waals surface area contributed by atoms with Crippen molar-refractivity contribution in [1.82, 2.24) is 30.2 Å². The highest BCUT2D eigenvalue weighted by Crippen LogP contribution is 2.34.